The quantitative estimate of drug-likeness (QED) is 0.560. The molecule has 0 spiro atoms. The molecule has 0 aromatic rings. The van der Waals surface area contributed by atoms with Crippen LogP contribution in [0.4, 0.5) is 0 Å². The van der Waals surface area contributed by atoms with Gasteiger partial charge in [-0.15, -0.1) is 0 Å². The summed E-state index contributed by atoms with van der Waals surface area (Å²) >= 11 is 0. The summed E-state index contributed by atoms with van der Waals surface area (Å²) in [7, 11) is 3.87. The largest absolute Gasteiger partial charge is 0.501 e. The Labute approximate surface area is 68.8 Å². The van der Waals surface area contributed by atoms with Crippen LogP contribution in [0.2, 0.25) is 0 Å². The molecule has 0 aliphatic carbocycles. The van der Waals surface area contributed by atoms with Gasteiger partial charge in [0.25, 0.3) is 0 Å². The summed E-state index contributed by atoms with van der Waals surface area (Å²) in [5, 5.41) is 0. The molecule has 0 bridgehead atoms. The average molecular weight is 155 g/mol. The van der Waals surface area contributed by atoms with E-state index in [9.17, 15) is 0 Å². The fourth-order valence-corrected chi connectivity index (χ4v) is 1.50. The topological polar surface area (TPSA) is 12.5 Å². The van der Waals surface area contributed by atoms with Crippen LogP contribution in [-0.2, 0) is 4.74 Å². The lowest BCUT2D eigenvalue weighted by molar-refractivity contribution is 0.173. The van der Waals surface area contributed by atoms with Gasteiger partial charge in [-0.1, -0.05) is 6.58 Å². The van der Waals surface area contributed by atoms with Gasteiger partial charge in [-0.25, -0.2) is 0 Å². The standard InChI is InChI=1S/C9H17NO/c1-8(11-3)9-4-6-10(2)7-5-9/h9H,1,4-7H2,2-3H3. The SMILES string of the molecule is C=C(OC)C1CCN(C)CC1. The molecule has 0 aromatic heterocycles. The van der Waals surface area contributed by atoms with E-state index in [0.717, 1.165) is 5.76 Å². The lowest BCUT2D eigenvalue weighted by atomic mass is 9.96. The van der Waals surface area contributed by atoms with Crippen molar-refractivity contribution in [2.75, 3.05) is 27.2 Å². The molecular formula is C9H17NO. The van der Waals surface area contributed by atoms with Crippen LogP contribution in [0.5, 0.6) is 0 Å². The molecule has 11 heavy (non-hydrogen) atoms. The van der Waals surface area contributed by atoms with E-state index in [2.05, 4.69) is 18.5 Å². The maximum atomic E-state index is 5.11. The first-order valence-electron chi connectivity index (χ1n) is 4.15. The number of likely N-dealkylation sites (tertiary alicyclic amines) is 1. The number of rotatable bonds is 2. The zero-order valence-corrected chi connectivity index (χ0v) is 7.47. The van der Waals surface area contributed by atoms with Crippen molar-refractivity contribution in [2.24, 2.45) is 5.92 Å². The number of nitrogens with zero attached hydrogens (tertiary/aromatic N) is 1. The molecule has 1 heterocycles. The molecule has 0 saturated carbocycles. The van der Waals surface area contributed by atoms with E-state index >= 15 is 0 Å². The van der Waals surface area contributed by atoms with Crippen molar-refractivity contribution in [1.29, 1.82) is 0 Å². The van der Waals surface area contributed by atoms with Gasteiger partial charge in [-0.3, -0.25) is 0 Å². The third-order valence-electron chi connectivity index (χ3n) is 2.44. The van der Waals surface area contributed by atoms with Crippen molar-refractivity contribution in [1.82, 2.24) is 4.90 Å². The van der Waals surface area contributed by atoms with Crippen molar-refractivity contribution < 1.29 is 4.74 Å². The molecule has 1 rings (SSSR count). The highest BCUT2D eigenvalue weighted by Gasteiger charge is 2.19. The first-order chi connectivity index (χ1) is 5.24. The first-order valence-corrected chi connectivity index (χ1v) is 4.15. The zero-order valence-electron chi connectivity index (χ0n) is 7.47. The van der Waals surface area contributed by atoms with Gasteiger partial charge in [0.2, 0.25) is 0 Å². The van der Waals surface area contributed by atoms with Gasteiger partial charge in [0.05, 0.1) is 12.9 Å². The highest BCUT2D eigenvalue weighted by atomic mass is 16.5. The molecule has 0 atom stereocenters. The second-order valence-corrected chi connectivity index (χ2v) is 3.25. The third-order valence-corrected chi connectivity index (χ3v) is 2.44. The molecule has 0 amide bonds. The highest BCUT2D eigenvalue weighted by Crippen LogP contribution is 2.22. The maximum absolute atomic E-state index is 5.11. The Morgan fingerprint density at radius 2 is 2.00 bits per heavy atom. The molecule has 2 heteroatoms. The normalized spacial score (nSPS) is 21.6. The van der Waals surface area contributed by atoms with Gasteiger partial charge in [0.1, 0.15) is 0 Å². The molecule has 64 valence electrons. The van der Waals surface area contributed by atoms with Crippen LogP contribution in [0.1, 0.15) is 12.8 Å². The second kappa shape index (κ2) is 3.77. The van der Waals surface area contributed by atoms with Gasteiger partial charge in [0.15, 0.2) is 0 Å². The summed E-state index contributed by atoms with van der Waals surface area (Å²) in [6.07, 6.45) is 2.40. The van der Waals surface area contributed by atoms with Gasteiger partial charge >= 0.3 is 0 Å². The molecule has 0 aromatic carbocycles. The molecule has 0 N–H and O–H groups in total. The van der Waals surface area contributed by atoms with Crippen LogP contribution < -0.4 is 0 Å². The van der Waals surface area contributed by atoms with Crippen LogP contribution in [0, 0.1) is 5.92 Å². The molecule has 1 aliphatic heterocycles. The summed E-state index contributed by atoms with van der Waals surface area (Å²) in [6, 6.07) is 0. The minimum absolute atomic E-state index is 0.594. The van der Waals surface area contributed by atoms with Gasteiger partial charge < -0.3 is 9.64 Å². The maximum Gasteiger partial charge on any atom is 0.0915 e. The Morgan fingerprint density at radius 1 is 1.45 bits per heavy atom. The van der Waals surface area contributed by atoms with E-state index in [-0.39, 0.29) is 0 Å². The zero-order chi connectivity index (χ0) is 8.27. The molecule has 1 saturated heterocycles. The molecule has 0 unspecified atom stereocenters. The van der Waals surface area contributed by atoms with E-state index in [1.165, 1.54) is 25.9 Å². The third kappa shape index (κ3) is 2.22. The molecule has 1 fully saturated rings. The van der Waals surface area contributed by atoms with Crippen LogP contribution in [0.25, 0.3) is 0 Å². The van der Waals surface area contributed by atoms with Crippen molar-refractivity contribution in [3.05, 3.63) is 12.3 Å². The number of allylic oxidation sites excluding steroid dienone is 1. The lowest BCUT2D eigenvalue weighted by Gasteiger charge is -2.29. The van der Waals surface area contributed by atoms with Crippen molar-refractivity contribution in [3.8, 4) is 0 Å². The Kier molecular flexibility index (Phi) is 2.94. The number of piperidine rings is 1. The van der Waals surface area contributed by atoms with E-state index in [0.29, 0.717) is 5.92 Å². The molecule has 2 nitrogen and oxygen atoms in total. The predicted octanol–water partition coefficient (Wildman–Crippen LogP) is 1.49. The minimum Gasteiger partial charge on any atom is -0.501 e. The minimum atomic E-state index is 0.594. The molecule has 1 aliphatic rings. The van der Waals surface area contributed by atoms with Crippen LogP contribution >= 0.6 is 0 Å². The summed E-state index contributed by atoms with van der Waals surface area (Å²) in [6.45, 7) is 6.23. The first kappa shape index (κ1) is 8.60. The van der Waals surface area contributed by atoms with Crippen molar-refractivity contribution >= 4 is 0 Å². The number of hydrogen-bond acceptors (Lipinski definition) is 2. The van der Waals surface area contributed by atoms with E-state index in [1.54, 1.807) is 7.11 Å². The highest BCUT2D eigenvalue weighted by molar-refractivity contribution is 4.93. The number of hydrogen-bond donors (Lipinski definition) is 0. The summed E-state index contributed by atoms with van der Waals surface area (Å²) in [4.78, 5) is 2.35. The Hall–Kier alpha value is -0.500. The lowest BCUT2D eigenvalue weighted by Crippen LogP contribution is -2.30. The van der Waals surface area contributed by atoms with Gasteiger partial charge in [0, 0.05) is 5.92 Å². The van der Waals surface area contributed by atoms with Crippen LogP contribution in [0.3, 0.4) is 0 Å². The summed E-state index contributed by atoms with van der Waals surface area (Å²) < 4.78 is 5.11. The molecule has 0 radical (unpaired) electrons. The second-order valence-electron chi connectivity index (χ2n) is 3.25. The van der Waals surface area contributed by atoms with E-state index < -0.39 is 0 Å². The molecular weight excluding hydrogens is 138 g/mol. The van der Waals surface area contributed by atoms with Gasteiger partial charge in [-0.2, -0.15) is 0 Å². The fourth-order valence-electron chi connectivity index (χ4n) is 1.50. The Bertz CT molecular complexity index is 136. The van der Waals surface area contributed by atoms with Crippen molar-refractivity contribution in [3.63, 3.8) is 0 Å². The van der Waals surface area contributed by atoms with Crippen molar-refractivity contribution in [2.45, 2.75) is 12.8 Å². The number of ether oxygens (including phenoxy) is 1. The number of methoxy groups -OCH3 is 1. The average Bonchev–Trinajstić information content (AvgIpc) is 2.05. The summed E-state index contributed by atoms with van der Waals surface area (Å²) in [5.74, 6) is 1.55. The van der Waals surface area contributed by atoms with E-state index in [4.69, 9.17) is 4.74 Å². The Balaban J connectivity index is 2.33. The van der Waals surface area contributed by atoms with Gasteiger partial charge in [-0.05, 0) is 33.0 Å². The van der Waals surface area contributed by atoms with Crippen LogP contribution in [0.15, 0.2) is 12.3 Å². The smallest absolute Gasteiger partial charge is 0.0915 e. The summed E-state index contributed by atoms with van der Waals surface area (Å²) in [5.41, 5.74) is 0. The predicted molar refractivity (Wildman–Crippen MR) is 46.4 cm³/mol. The monoisotopic (exact) mass is 155 g/mol. The fraction of sp³-hybridized carbons (Fsp3) is 0.778. The Morgan fingerprint density at radius 3 is 2.45 bits per heavy atom. The van der Waals surface area contributed by atoms with Crippen LogP contribution in [-0.4, -0.2) is 32.1 Å². The van der Waals surface area contributed by atoms with E-state index in [1.807, 2.05) is 0 Å².